The molecular formula is C15H20N2O. The molecule has 0 bridgehead atoms. The van der Waals surface area contributed by atoms with E-state index >= 15 is 0 Å². The Kier molecular flexibility index (Phi) is 3.82. The number of anilines is 1. The van der Waals surface area contributed by atoms with Gasteiger partial charge in [-0.05, 0) is 32.4 Å². The van der Waals surface area contributed by atoms with Gasteiger partial charge in [0.25, 0.3) is 0 Å². The highest BCUT2D eigenvalue weighted by Gasteiger charge is 2.09. The monoisotopic (exact) mass is 244 g/mol. The average Bonchev–Trinajstić information content (AvgIpc) is 2.39. The molecule has 0 aliphatic carbocycles. The first-order valence-electron chi connectivity index (χ1n) is 6.26. The van der Waals surface area contributed by atoms with Crippen LogP contribution in [-0.4, -0.2) is 24.7 Å². The molecule has 1 unspecified atom stereocenters. The van der Waals surface area contributed by atoms with Gasteiger partial charge in [-0.2, -0.15) is 0 Å². The number of benzene rings is 1. The summed E-state index contributed by atoms with van der Waals surface area (Å²) in [5.41, 5.74) is 4.48. The number of ether oxygens (including phenoxy) is 1. The number of rotatable bonds is 4. The molecule has 1 aromatic heterocycles. The molecule has 2 rings (SSSR count). The van der Waals surface area contributed by atoms with E-state index in [1.54, 1.807) is 7.11 Å². The number of aromatic nitrogens is 1. The molecule has 1 atom stereocenters. The van der Waals surface area contributed by atoms with Gasteiger partial charge >= 0.3 is 0 Å². The molecule has 3 nitrogen and oxygen atoms in total. The Balaban J connectivity index is 2.43. The van der Waals surface area contributed by atoms with Crippen LogP contribution in [0.15, 0.2) is 24.3 Å². The lowest BCUT2D eigenvalue weighted by atomic mass is 10.1. The highest BCUT2D eigenvalue weighted by atomic mass is 16.5. The van der Waals surface area contributed by atoms with E-state index in [2.05, 4.69) is 30.2 Å². The summed E-state index contributed by atoms with van der Waals surface area (Å²) >= 11 is 0. The number of nitrogens with one attached hydrogen (secondary N) is 1. The molecule has 0 saturated carbocycles. The van der Waals surface area contributed by atoms with Gasteiger partial charge in [-0.3, -0.25) is 4.98 Å². The summed E-state index contributed by atoms with van der Waals surface area (Å²) in [5, 5.41) is 4.65. The van der Waals surface area contributed by atoms with E-state index in [1.165, 1.54) is 16.6 Å². The van der Waals surface area contributed by atoms with E-state index in [1.807, 2.05) is 25.1 Å². The van der Waals surface area contributed by atoms with Crippen molar-refractivity contribution < 1.29 is 4.74 Å². The largest absolute Gasteiger partial charge is 0.382 e. The highest BCUT2D eigenvalue weighted by molar-refractivity contribution is 5.93. The molecule has 0 aliphatic rings. The molecule has 0 fully saturated rings. The number of fused-ring (bicyclic) bond motifs is 1. The Bertz CT molecular complexity index is 551. The second-order valence-electron chi connectivity index (χ2n) is 4.64. The van der Waals surface area contributed by atoms with Gasteiger partial charge in [0, 0.05) is 30.4 Å². The van der Waals surface area contributed by atoms with Gasteiger partial charge < -0.3 is 10.1 Å². The van der Waals surface area contributed by atoms with Crippen LogP contribution < -0.4 is 5.32 Å². The lowest BCUT2D eigenvalue weighted by Crippen LogP contribution is -2.19. The van der Waals surface area contributed by atoms with Crippen molar-refractivity contribution in [3.05, 3.63) is 35.5 Å². The fraction of sp³-hybridized carbons (Fsp3) is 0.400. The van der Waals surface area contributed by atoms with Gasteiger partial charge in [0.2, 0.25) is 0 Å². The van der Waals surface area contributed by atoms with Gasteiger partial charge in [-0.25, -0.2) is 0 Å². The summed E-state index contributed by atoms with van der Waals surface area (Å²) in [7, 11) is 1.73. The van der Waals surface area contributed by atoms with Crippen LogP contribution in [-0.2, 0) is 4.74 Å². The second-order valence-corrected chi connectivity index (χ2v) is 4.64. The third kappa shape index (κ3) is 2.46. The molecule has 96 valence electrons. The van der Waals surface area contributed by atoms with Crippen LogP contribution in [0, 0.1) is 13.8 Å². The molecule has 1 N–H and O–H groups in total. The maximum absolute atomic E-state index is 5.28. The Labute approximate surface area is 108 Å². The number of nitrogens with zero attached hydrogens (tertiary/aromatic N) is 1. The zero-order valence-corrected chi connectivity index (χ0v) is 11.4. The fourth-order valence-corrected chi connectivity index (χ4v) is 1.99. The van der Waals surface area contributed by atoms with E-state index in [4.69, 9.17) is 4.74 Å². The van der Waals surface area contributed by atoms with Crippen LogP contribution in [0.25, 0.3) is 10.9 Å². The van der Waals surface area contributed by atoms with Crippen molar-refractivity contribution in [1.29, 1.82) is 0 Å². The second kappa shape index (κ2) is 5.36. The van der Waals surface area contributed by atoms with Crippen molar-refractivity contribution in [2.24, 2.45) is 0 Å². The molecule has 0 amide bonds. The molecule has 1 heterocycles. The number of pyridine rings is 1. The number of aryl methyl sites for hydroxylation is 1. The van der Waals surface area contributed by atoms with Gasteiger partial charge in [0.05, 0.1) is 11.6 Å². The summed E-state index contributed by atoms with van der Waals surface area (Å²) in [6.07, 6.45) is 0.191. The molecule has 18 heavy (non-hydrogen) atoms. The Morgan fingerprint density at radius 3 is 2.72 bits per heavy atom. The van der Waals surface area contributed by atoms with Crippen LogP contribution in [0.5, 0.6) is 0 Å². The van der Waals surface area contributed by atoms with E-state index < -0.39 is 0 Å². The van der Waals surface area contributed by atoms with E-state index in [9.17, 15) is 0 Å². The maximum Gasteiger partial charge on any atom is 0.0726 e. The third-order valence-electron chi connectivity index (χ3n) is 3.35. The smallest absolute Gasteiger partial charge is 0.0726 e. The van der Waals surface area contributed by atoms with Gasteiger partial charge in [0.15, 0.2) is 0 Å². The molecule has 0 saturated heterocycles. The topological polar surface area (TPSA) is 34.1 Å². The van der Waals surface area contributed by atoms with E-state index in [0.717, 1.165) is 17.8 Å². The van der Waals surface area contributed by atoms with Crippen molar-refractivity contribution in [2.75, 3.05) is 19.0 Å². The molecule has 0 spiro atoms. The molecule has 1 aromatic carbocycles. The summed E-state index contributed by atoms with van der Waals surface area (Å²) in [5.74, 6) is 0. The quantitative estimate of drug-likeness (QED) is 0.896. The molecule has 0 aliphatic heterocycles. The minimum atomic E-state index is 0.191. The summed E-state index contributed by atoms with van der Waals surface area (Å²) < 4.78 is 5.28. The zero-order chi connectivity index (χ0) is 13.1. The molecule has 3 heteroatoms. The number of methoxy groups -OCH3 is 1. The lowest BCUT2D eigenvalue weighted by molar-refractivity contribution is 0.129. The van der Waals surface area contributed by atoms with Crippen molar-refractivity contribution in [3.8, 4) is 0 Å². The van der Waals surface area contributed by atoms with Crippen molar-refractivity contribution >= 4 is 16.6 Å². The Morgan fingerprint density at radius 2 is 2.00 bits per heavy atom. The maximum atomic E-state index is 5.28. The minimum absolute atomic E-state index is 0.191. The average molecular weight is 244 g/mol. The summed E-state index contributed by atoms with van der Waals surface area (Å²) in [4.78, 5) is 4.61. The predicted molar refractivity (Wildman–Crippen MR) is 76.2 cm³/mol. The Hall–Kier alpha value is -1.61. The van der Waals surface area contributed by atoms with E-state index in [-0.39, 0.29) is 6.10 Å². The van der Waals surface area contributed by atoms with Crippen LogP contribution in [0.4, 0.5) is 5.69 Å². The lowest BCUT2D eigenvalue weighted by Gasteiger charge is -2.17. The summed E-state index contributed by atoms with van der Waals surface area (Å²) in [6, 6.07) is 8.22. The van der Waals surface area contributed by atoms with Crippen LogP contribution >= 0.6 is 0 Å². The Morgan fingerprint density at radius 1 is 1.28 bits per heavy atom. The normalized spacial score (nSPS) is 12.7. The highest BCUT2D eigenvalue weighted by Crippen LogP contribution is 2.27. The van der Waals surface area contributed by atoms with Gasteiger partial charge in [0.1, 0.15) is 0 Å². The van der Waals surface area contributed by atoms with Crippen LogP contribution in [0.1, 0.15) is 18.2 Å². The van der Waals surface area contributed by atoms with Crippen molar-refractivity contribution in [3.63, 3.8) is 0 Å². The molecule has 0 radical (unpaired) electrons. The summed E-state index contributed by atoms with van der Waals surface area (Å²) in [6.45, 7) is 7.00. The molecular weight excluding hydrogens is 224 g/mol. The fourth-order valence-electron chi connectivity index (χ4n) is 1.99. The van der Waals surface area contributed by atoms with Crippen molar-refractivity contribution in [2.45, 2.75) is 26.9 Å². The van der Waals surface area contributed by atoms with Gasteiger partial charge in [-0.1, -0.05) is 18.2 Å². The molecule has 2 aromatic rings. The standard InChI is InChI=1S/C15H20N2O/c1-10(18-4)9-16-15-11(2)12(3)17-14-8-6-5-7-13(14)15/h5-8,10H,9H2,1-4H3,(H,16,17). The van der Waals surface area contributed by atoms with Crippen LogP contribution in [0.3, 0.4) is 0 Å². The first-order chi connectivity index (χ1) is 8.63. The number of para-hydroxylation sites is 1. The minimum Gasteiger partial charge on any atom is -0.382 e. The van der Waals surface area contributed by atoms with Gasteiger partial charge in [-0.15, -0.1) is 0 Å². The van der Waals surface area contributed by atoms with Crippen LogP contribution in [0.2, 0.25) is 0 Å². The third-order valence-corrected chi connectivity index (χ3v) is 3.35. The first-order valence-corrected chi connectivity index (χ1v) is 6.26. The van der Waals surface area contributed by atoms with E-state index in [0.29, 0.717) is 0 Å². The number of hydrogen-bond donors (Lipinski definition) is 1. The SMILES string of the molecule is COC(C)CNc1c(C)c(C)nc2ccccc12. The zero-order valence-electron chi connectivity index (χ0n) is 11.4. The first kappa shape index (κ1) is 12.8. The number of hydrogen-bond acceptors (Lipinski definition) is 3. The van der Waals surface area contributed by atoms with Crippen molar-refractivity contribution in [1.82, 2.24) is 4.98 Å². The predicted octanol–water partition coefficient (Wildman–Crippen LogP) is 3.30.